The fraction of sp³-hybridized carbons (Fsp3) is 0.238. The number of aromatic nitrogens is 1. The topological polar surface area (TPSA) is 107 Å². The highest BCUT2D eigenvalue weighted by Crippen LogP contribution is 2.29. The second-order valence-corrected chi connectivity index (χ2v) is 9.32. The van der Waals surface area contributed by atoms with Crippen LogP contribution in [0.1, 0.15) is 29.9 Å². The summed E-state index contributed by atoms with van der Waals surface area (Å²) >= 11 is 1.48. The van der Waals surface area contributed by atoms with Crippen LogP contribution in [0, 0.1) is 0 Å². The molecule has 8 nitrogen and oxygen atoms in total. The number of carbonyl (C=O) groups is 1. The van der Waals surface area contributed by atoms with E-state index in [2.05, 4.69) is 15.0 Å². The largest absolute Gasteiger partial charge is 0.493 e. The van der Waals surface area contributed by atoms with Crippen molar-refractivity contribution >= 4 is 33.0 Å². The lowest BCUT2D eigenvalue weighted by Gasteiger charge is -2.12. The summed E-state index contributed by atoms with van der Waals surface area (Å²) in [6.45, 7) is 3.79. The normalized spacial score (nSPS) is 11.4. The number of ether oxygens (including phenoxy) is 2. The fourth-order valence-corrected chi connectivity index (χ4v) is 4.48. The van der Waals surface area contributed by atoms with Crippen LogP contribution in [0.4, 0.5) is 5.69 Å². The molecule has 10 heteroatoms. The molecule has 1 heterocycles. The van der Waals surface area contributed by atoms with E-state index in [-0.39, 0.29) is 16.8 Å². The van der Waals surface area contributed by atoms with E-state index in [1.807, 2.05) is 5.38 Å². The molecular weight excluding hydrogens is 438 g/mol. The summed E-state index contributed by atoms with van der Waals surface area (Å²) in [5, 5.41) is 4.64. The Morgan fingerprint density at radius 3 is 2.48 bits per heavy atom. The van der Waals surface area contributed by atoms with Gasteiger partial charge in [0, 0.05) is 22.7 Å². The molecule has 0 aliphatic carbocycles. The van der Waals surface area contributed by atoms with Crippen LogP contribution in [0.2, 0.25) is 0 Å². The van der Waals surface area contributed by atoms with Gasteiger partial charge in [-0.3, -0.25) is 4.79 Å². The van der Waals surface area contributed by atoms with Gasteiger partial charge in [0.1, 0.15) is 6.61 Å². The summed E-state index contributed by atoms with van der Waals surface area (Å²) in [6.07, 6.45) is 0. The van der Waals surface area contributed by atoms with Gasteiger partial charge in [-0.25, -0.2) is 18.1 Å². The van der Waals surface area contributed by atoms with Crippen LogP contribution in [0.5, 0.6) is 11.5 Å². The smallest absolute Gasteiger partial charge is 0.255 e. The maximum atomic E-state index is 12.6. The zero-order chi connectivity index (χ0) is 22.4. The SMILES string of the molecule is COc1cc(C(=O)Nc2ccc(S(=O)(=O)NC(C)C)cc2)ccc1OCc1cscn1. The van der Waals surface area contributed by atoms with Crippen molar-refractivity contribution in [3.8, 4) is 11.5 Å². The summed E-state index contributed by atoms with van der Waals surface area (Å²) in [7, 11) is -2.09. The molecule has 31 heavy (non-hydrogen) atoms. The van der Waals surface area contributed by atoms with E-state index in [0.717, 1.165) is 5.69 Å². The third-order valence-electron chi connectivity index (χ3n) is 4.10. The van der Waals surface area contributed by atoms with E-state index in [1.165, 1.54) is 42.7 Å². The molecule has 0 saturated heterocycles. The van der Waals surface area contributed by atoms with Gasteiger partial charge in [-0.15, -0.1) is 11.3 Å². The van der Waals surface area contributed by atoms with Gasteiger partial charge < -0.3 is 14.8 Å². The van der Waals surface area contributed by atoms with Gasteiger partial charge in [0.2, 0.25) is 10.0 Å². The zero-order valence-corrected chi connectivity index (χ0v) is 18.9. The van der Waals surface area contributed by atoms with Gasteiger partial charge in [-0.05, 0) is 56.3 Å². The Morgan fingerprint density at radius 1 is 1.13 bits per heavy atom. The van der Waals surface area contributed by atoms with Gasteiger partial charge in [-0.2, -0.15) is 0 Å². The van der Waals surface area contributed by atoms with Crippen molar-refractivity contribution in [2.45, 2.75) is 31.4 Å². The van der Waals surface area contributed by atoms with Crippen LogP contribution in [0.25, 0.3) is 0 Å². The monoisotopic (exact) mass is 461 g/mol. The Balaban J connectivity index is 1.68. The number of anilines is 1. The molecule has 2 aromatic carbocycles. The standard InChI is InChI=1S/C21H23N3O5S2/c1-14(2)24-31(26,27)18-7-5-16(6-8-18)23-21(25)15-4-9-19(20(10-15)28-3)29-11-17-12-30-13-22-17/h4-10,12-14,24H,11H2,1-3H3,(H,23,25). The molecular formula is C21H23N3O5S2. The minimum atomic E-state index is -3.59. The van der Waals surface area contributed by atoms with E-state index >= 15 is 0 Å². The van der Waals surface area contributed by atoms with Gasteiger partial charge in [-0.1, -0.05) is 0 Å². The first-order valence-corrected chi connectivity index (χ1v) is 11.8. The average Bonchev–Trinajstić information content (AvgIpc) is 3.25. The summed E-state index contributed by atoms with van der Waals surface area (Å²) in [5.74, 6) is 0.559. The summed E-state index contributed by atoms with van der Waals surface area (Å²) in [5.41, 5.74) is 3.38. The van der Waals surface area contributed by atoms with Crippen molar-refractivity contribution in [2.75, 3.05) is 12.4 Å². The van der Waals surface area contributed by atoms with Crippen molar-refractivity contribution in [2.24, 2.45) is 0 Å². The number of hydrogen-bond acceptors (Lipinski definition) is 7. The van der Waals surface area contributed by atoms with Crippen molar-refractivity contribution in [1.29, 1.82) is 0 Å². The predicted molar refractivity (Wildman–Crippen MR) is 119 cm³/mol. The van der Waals surface area contributed by atoms with Crippen LogP contribution in [0.15, 0.2) is 58.3 Å². The quantitative estimate of drug-likeness (QED) is 0.504. The lowest BCUT2D eigenvalue weighted by molar-refractivity contribution is 0.102. The van der Waals surface area contributed by atoms with Crippen LogP contribution in [0.3, 0.4) is 0 Å². The third-order valence-corrected chi connectivity index (χ3v) is 6.41. The summed E-state index contributed by atoms with van der Waals surface area (Å²) in [4.78, 5) is 16.9. The van der Waals surface area contributed by atoms with Crippen molar-refractivity contribution in [3.05, 3.63) is 64.6 Å². The molecule has 1 amide bonds. The third kappa shape index (κ3) is 6.03. The van der Waals surface area contributed by atoms with Crippen LogP contribution >= 0.6 is 11.3 Å². The number of hydrogen-bond donors (Lipinski definition) is 2. The summed E-state index contributed by atoms with van der Waals surface area (Å²) < 4.78 is 38.0. The minimum Gasteiger partial charge on any atom is -0.493 e. The second-order valence-electron chi connectivity index (χ2n) is 6.89. The molecule has 0 saturated carbocycles. The summed E-state index contributed by atoms with van der Waals surface area (Å²) in [6, 6.07) is 10.6. The molecule has 2 N–H and O–H groups in total. The molecule has 0 atom stereocenters. The number of carbonyl (C=O) groups excluding carboxylic acids is 1. The number of sulfonamides is 1. The molecule has 0 fully saturated rings. The van der Waals surface area contributed by atoms with Crippen LogP contribution < -0.4 is 19.5 Å². The van der Waals surface area contributed by atoms with Crippen molar-refractivity contribution < 1.29 is 22.7 Å². The van der Waals surface area contributed by atoms with E-state index in [9.17, 15) is 13.2 Å². The van der Waals surface area contributed by atoms with Crippen molar-refractivity contribution in [3.63, 3.8) is 0 Å². The minimum absolute atomic E-state index is 0.127. The van der Waals surface area contributed by atoms with Crippen LogP contribution in [-0.4, -0.2) is 32.5 Å². The molecule has 0 spiro atoms. The number of amides is 1. The number of rotatable bonds is 9. The molecule has 0 aliphatic rings. The molecule has 0 bridgehead atoms. The van der Waals surface area contributed by atoms with Gasteiger partial charge in [0.25, 0.3) is 5.91 Å². The molecule has 3 aromatic rings. The van der Waals surface area contributed by atoms with Crippen molar-refractivity contribution in [1.82, 2.24) is 9.71 Å². The Morgan fingerprint density at radius 2 is 1.87 bits per heavy atom. The number of nitrogens with one attached hydrogen (secondary N) is 2. The highest BCUT2D eigenvalue weighted by molar-refractivity contribution is 7.89. The average molecular weight is 462 g/mol. The highest BCUT2D eigenvalue weighted by atomic mass is 32.2. The van der Waals surface area contributed by atoms with Gasteiger partial charge in [0.15, 0.2) is 11.5 Å². The van der Waals surface area contributed by atoms with E-state index in [0.29, 0.717) is 29.4 Å². The molecule has 0 aliphatic heterocycles. The lowest BCUT2D eigenvalue weighted by Crippen LogP contribution is -2.30. The first kappa shape index (κ1) is 22.7. The van der Waals surface area contributed by atoms with Gasteiger partial charge >= 0.3 is 0 Å². The number of benzene rings is 2. The Labute approximate surface area is 185 Å². The molecule has 164 valence electrons. The highest BCUT2D eigenvalue weighted by Gasteiger charge is 2.16. The second kappa shape index (κ2) is 9.90. The van der Waals surface area contributed by atoms with E-state index in [4.69, 9.17) is 9.47 Å². The maximum Gasteiger partial charge on any atom is 0.255 e. The first-order valence-electron chi connectivity index (χ1n) is 9.40. The Hall–Kier alpha value is -2.95. The molecule has 0 radical (unpaired) electrons. The van der Waals surface area contributed by atoms with Crippen LogP contribution in [-0.2, 0) is 16.6 Å². The maximum absolute atomic E-state index is 12.6. The molecule has 0 unspecified atom stereocenters. The van der Waals surface area contributed by atoms with Gasteiger partial charge in [0.05, 0.1) is 23.2 Å². The molecule has 1 aromatic heterocycles. The Bertz CT molecular complexity index is 1130. The van der Waals surface area contributed by atoms with E-state index in [1.54, 1.807) is 37.6 Å². The number of thiazole rings is 1. The number of methoxy groups -OCH3 is 1. The zero-order valence-electron chi connectivity index (χ0n) is 17.3. The lowest BCUT2D eigenvalue weighted by atomic mass is 10.2. The van der Waals surface area contributed by atoms with E-state index < -0.39 is 10.0 Å². The number of nitrogens with zero attached hydrogens (tertiary/aromatic N) is 1. The fourth-order valence-electron chi connectivity index (χ4n) is 2.69. The first-order chi connectivity index (χ1) is 14.8. The Kier molecular flexibility index (Phi) is 7.26. The predicted octanol–water partition coefficient (Wildman–Crippen LogP) is 3.67. The molecule has 3 rings (SSSR count).